The van der Waals surface area contributed by atoms with Crippen molar-refractivity contribution in [3.05, 3.63) is 30.1 Å². The van der Waals surface area contributed by atoms with Crippen LogP contribution in [-0.4, -0.2) is 43.5 Å². The van der Waals surface area contributed by atoms with Gasteiger partial charge in [-0.2, -0.15) is 0 Å². The molecule has 132 valence electrons. The molecule has 0 saturated carbocycles. The lowest BCUT2D eigenvalue weighted by atomic mass is 9.89. The zero-order valence-corrected chi connectivity index (χ0v) is 13.8. The summed E-state index contributed by atoms with van der Waals surface area (Å²) in [6.45, 7) is 1.54. The number of hydrogen-bond acceptors (Lipinski definition) is 5. The molecule has 3 atom stereocenters. The van der Waals surface area contributed by atoms with Gasteiger partial charge in [0.15, 0.2) is 0 Å². The van der Waals surface area contributed by atoms with E-state index in [-0.39, 0.29) is 42.9 Å². The molecule has 5 N–H and O–H groups in total. The average Bonchev–Trinajstić information content (AvgIpc) is 2.97. The van der Waals surface area contributed by atoms with Crippen molar-refractivity contribution in [2.24, 2.45) is 5.92 Å². The molecule has 0 spiro atoms. The Morgan fingerprint density at radius 3 is 2.92 bits per heavy atom. The Kier molecular flexibility index (Phi) is 6.50. The predicted molar refractivity (Wildman–Crippen MR) is 90.1 cm³/mol. The molecule has 2 fully saturated rings. The number of amides is 2. The first-order valence-corrected chi connectivity index (χ1v) is 7.68. The number of benzene rings is 1. The fourth-order valence-corrected chi connectivity index (χ4v) is 3.02. The topological polar surface area (TPSA) is 94.3 Å². The van der Waals surface area contributed by atoms with E-state index < -0.39 is 11.7 Å². The summed E-state index contributed by atoms with van der Waals surface area (Å²) in [5, 5.41) is 8.43. The molecule has 9 heteroatoms. The number of halogens is 2. The maximum Gasteiger partial charge on any atom is 0.243 e. The minimum absolute atomic E-state index is 0. The van der Waals surface area contributed by atoms with Gasteiger partial charge in [0.05, 0.1) is 6.54 Å². The highest BCUT2D eigenvalue weighted by atomic mass is 35.5. The molecular weight excluding hydrogens is 337 g/mol. The number of nitrogens with one attached hydrogen (secondary N) is 5. The molecule has 3 rings (SSSR count). The van der Waals surface area contributed by atoms with Gasteiger partial charge >= 0.3 is 0 Å². The van der Waals surface area contributed by atoms with Gasteiger partial charge in [-0.1, -0.05) is 6.07 Å². The number of hydrazine groups is 1. The Labute approximate surface area is 145 Å². The summed E-state index contributed by atoms with van der Waals surface area (Å²) in [4.78, 5) is 24.1. The largest absolute Gasteiger partial charge is 0.346 e. The Bertz CT molecular complexity index is 603. The zero-order valence-electron chi connectivity index (χ0n) is 13.0. The molecule has 0 aromatic heterocycles. The Hall–Kier alpha value is -1.74. The summed E-state index contributed by atoms with van der Waals surface area (Å²) in [7, 11) is 0. The van der Waals surface area contributed by atoms with Crippen molar-refractivity contribution in [2.45, 2.75) is 18.5 Å². The summed E-state index contributed by atoms with van der Waals surface area (Å²) >= 11 is 0. The highest BCUT2D eigenvalue weighted by Gasteiger charge is 2.41. The van der Waals surface area contributed by atoms with Crippen molar-refractivity contribution < 1.29 is 14.0 Å². The lowest BCUT2D eigenvalue weighted by Crippen LogP contribution is -2.50. The number of rotatable bonds is 4. The van der Waals surface area contributed by atoms with Gasteiger partial charge in [0.2, 0.25) is 11.8 Å². The van der Waals surface area contributed by atoms with Gasteiger partial charge in [0.25, 0.3) is 0 Å². The highest BCUT2D eigenvalue weighted by Crippen LogP contribution is 2.19. The van der Waals surface area contributed by atoms with Crippen LogP contribution < -0.4 is 26.8 Å². The van der Waals surface area contributed by atoms with E-state index in [4.69, 9.17) is 0 Å². The quantitative estimate of drug-likeness (QED) is 0.512. The highest BCUT2D eigenvalue weighted by molar-refractivity contribution is 5.95. The fourth-order valence-electron chi connectivity index (χ4n) is 3.02. The molecule has 24 heavy (non-hydrogen) atoms. The van der Waals surface area contributed by atoms with E-state index >= 15 is 0 Å². The summed E-state index contributed by atoms with van der Waals surface area (Å²) in [5.41, 5.74) is 6.49. The van der Waals surface area contributed by atoms with Crippen molar-refractivity contribution in [1.29, 1.82) is 0 Å². The van der Waals surface area contributed by atoms with Crippen molar-refractivity contribution in [2.75, 3.05) is 25.0 Å². The molecule has 0 aliphatic carbocycles. The fraction of sp³-hybridized carbons (Fsp3) is 0.467. The normalized spacial score (nSPS) is 25.3. The van der Waals surface area contributed by atoms with Crippen LogP contribution in [0, 0.1) is 11.7 Å². The third-order valence-corrected chi connectivity index (χ3v) is 4.20. The van der Waals surface area contributed by atoms with Gasteiger partial charge in [-0.15, -0.1) is 12.4 Å². The van der Waals surface area contributed by atoms with Gasteiger partial charge in [-0.05, 0) is 31.2 Å². The van der Waals surface area contributed by atoms with E-state index in [2.05, 4.69) is 26.8 Å². The number of fused-ring (bicyclic) bond motifs is 1. The van der Waals surface area contributed by atoms with E-state index in [9.17, 15) is 14.0 Å². The van der Waals surface area contributed by atoms with E-state index in [0.717, 1.165) is 19.5 Å². The number of anilines is 1. The van der Waals surface area contributed by atoms with Crippen LogP contribution in [0.1, 0.15) is 6.42 Å². The second-order valence-electron chi connectivity index (χ2n) is 5.81. The van der Waals surface area contributed by atoms with Crippen LogP contribution in [-0.2, 0) is 9.59 Å². The van der Waals surface area contributed by atoms with E-state index in [0.29, 0.717) is 5.69 Å². The number of piperidine rings is 1. The maximum absolute atomic E-state index is 13.1. The Balaban J connectivity index is 0.00000208. The summed E-state index contributed by atoms with van der Waals surface area (Å²) < 4.78 is 13.1. The van der Waals surface area contributed by atoms with E-state index in [1.165, 1.54) is 18.2 Å². The lowest BCUT2D eigenvalue weighted by molar-refractivity contribution is -0.126. The molecule has 1 aromatic rings. The first kappa shape index (κ1) is 18.6. The third kappa shape index (κ3) is 4.41. The molecular formula is C15H21ClFN5O2. The van der Waals surface area contributed by atoms with Crippen LogP contribution >= 0.6 is 12.4 Å². The Morgan fingerprint density at radius 2 is 2.12 bits per heavy atom. The lowest BCUT2D eigenvalue weighted by Gasteiger charge is -2.27. The number of carbonyl (C=O) groups excluding carboxylic acids is 2. The van der Waals surface area contributed by atoms with Crippen LogP contribution in [0.15, 0.2) is 24.3 Å². The number of hydrogen-bond donors (Lipinski definition) is 5. The minimum atomic E-state index is -0.427. The molecule has 2 aliphatic rings. The summed E-state index contributed by atoms with van der Waals surface area (Å²) in [6, 6.07) is 5.52. The van der Waals surface area contributed by atoms with Crippen molar-refractivity contribution in [3.8, 4) is 0 Å². The van der Waals surface area contributed by atoms with Crippen LogP contribution in [0.4, 0.5) is 10.1 Å². The van der Waals surface area contributed by atoms with Crippen LogP contribution in [0.3, 0.4) is 0 Å². The van der Waals surface area contributed by atoms with Crippen molar-refractivity contribution in [3.63, 3.8) is 0 Å². The first-order chi connectivity index (χ1) is 11.1. The zero-order chi connectivity index (χ0) is 16.2. The summed E-state index contributed by atoms with van der Waals surface area (Å²) in [6.07, 6.45) is 0.960. The molecule has 0 radical (unpaired) electrons. The molecule has 7 nitrogen and oxygen atoms in total. The average molecular weight is 358 g/mol. The summed E-state index contributed by atoms with van der Waals surface area (Å²) in [5.74, 6) is -0.879. The second kappa shape index (κ2) is 8.39. The molecule has 0 bridgehead atoms. The second-order valence-corrected chi connectivity index (χ2v) is 5.81. The molecule has 1 aromatic carbocycles. The number of carbonyl (C=O) groups is 2. The van der Waals surface area contributed by atoms with E-state index in [1.807, 2.05) is 0 Å². The van der Waals surface area contributed by atoms with Crippen LogP contribution in [0.25, 0.3) is 0 Å². The van der Waals surface area contributed by atoms with Gasteiger partial charge in [-0.3, -0.25) is 15.0 Å². The van der Waals surface area contributed by atoms with E-state index in [1.54, 1.807) is 6.07 Å². The molecule has 3 unspecified atom stereocenters. The van der Waals surface area contributed by atoms with Crippen molar-refractivity contribution in [1.82, 2.24) is 21.5 Å². The van der Waals surface area contributed by atoms with Gasteiger partial charge in [-0.25, -0.2) is 9.82 Å². The molecule has 2 saturated heterocycles. The minimum Gasteiger partial charge on any atom is -0.346 e. The SMILES string of the molecule is Cl.O=C(CNC(=O)C1NNC2CCNCC21)Nc1cccc(F)c1. The first-order valence-electron chi connectivity index (χ1n) is 7.68. The van der Waals surface area contributed by atoms with Gasteiger partial charge < -0.3 is 16.0 Å². The predicted octanol–water partition coefficient (Wildman–Crippen LogP) is -0.243. The molecule has 2 heterocycles. The maximum atomic E-state index is 13.1. The van der Waals surface area contributed by atoms with Gasteiger partial charge in [0, 0.05) is 24.2 Å². The third-order valence-electron chi connectivity index (χ3n) is 4.20. The smallest absolute Gasteiger partial charge is 0.243 e. The van der Waals surface area contributed by atoms with Gasteiger partial charge in [0.1, 0.15) is 11.9 Å². The standard InChI is InChI=1S/C15H20FN5O2.ClH/c16-9-2-1-3-10(6-9)19-13(22)8-18-15(23)14-11-7-17-5-4-12(11)20-21-14;/h1-3,6,11-12,14,17,20-21H,4-5,7-8H2,(H,18,23)(H,19,22);1H. The monoisotopic (exact) mass is 357 g/mol. The van der Waals surface area contributed by atoms with Crippen LogP contribution in [0.2, 0.25) is 0 Å². The molecule has 2 amide bonds. The Morgan fingerprint density at radius 1 is 1.29 bits per heavy atom. The molecule has 2 aliphatic heterocycles. The van der Waals surface area contributed by atoms with Crippen molar-refractivity contribution >= 4 is 29.9 Å². The van der Waals surface area contributed by atoms with Crippen LogP contribution in [0.5, 0.6) is 0 Å².